The molecule has 0 bridgehead atoms. The molecule has 1 heterocycles. The molecule has 186 valence electrons. The topological polar surface area (TPSA) is 108 Å². The Bertz CT molecular complexity index is 1060. The van der Waals surface area contributed by atoms with Gasteiger partial charge in [0.25, 0.3) is 0 Å². The van der Waals surface area contributed by atoms with Crippen molar-refractivity contribution in [2.24, 2.45) is 0 Å². The number of carbonyl (C=O) groups is 3. The van der Waals surface area contributed by atoms with Gasteiger partial charge < -0.3 is 29.7 Å². The second-order valence-corrected chi connectivity index (χ2v) is 9.18. The van der Waals surface area contributed by atoms with Crippen LogP contribution in [0.5, 0.6) is 0 Å². The van der Waals surface area contributed by atoms with E-state index >= 15 is 0 Å². The van der Waals surface area contributed by atoms with E-state index in [1.54, 1.807) is 25.9 Å². The van der Waals surface area contributed by atoms with Gasteiger partial charge in [0.15, 0.2) is 6.04 Å². The molecule has 9 heteroatoms. The predicted molar refractivity (Wildman–Crippen MR) is 129 cm³/mol. The number of benzene rings is 2. The summed E-state index contributed by atoms with van der Waals surface area (Å²) in [6.45, 7) is 2.31. The van der Waals surface area contributed by atoms with Gasteiger partial charge in [-0.3, -0.25) is 4.79 Å². The fraction of sp³-hybridized carbons (Fsp3) is 0.423. The maximum Gasteiger partial charge on any atom is 0.407 e. The average Bonchev–Trinajstić information content (AvgIpc) is 3.15. The Hall–Kier alpha value is -3.43. The summed E-state index contributed by atoms with van der Waals surface area (Å²) in [4.78, 5) is 41.0. The number of likely N-dealkylation sites (N-methyl/N-ethyl adjacent to an activating group) is 1. The molecule has 3 atom stereocenters. The lowest BCUT2D eigenvalue weighted by atomic mass is 9.98. The molecule has 1 aliphatic heterocycles. The third kappa shape index (κ3) is 5.16. The van der Waals surface area contributed by atoms with Gasteiger partial charge in [0.05, 0.1) is 12.7 Å². The number of aliphatic carboxylic acids is 1. The predicted octanol–water partition coefficient (Wildman–Crippen LogP) is 2.16. The number of alkyl carbamates (subject to hydrolysis) is 1. The van der Waals surface area contributed by atoms with Crippen LogP contribution >= 0.6 is 0 Å². The van der Waals surface area contributed by atoms with Crippen LogP contribution in [0.1, 0.15) is 24.0 Å². The maximum atomic E-state index is 13.3. The van der Waals surface area contributed by atoms with E-state index in [2.05, 4.69) is 17.4 Å². The lowest BCUT2D eigenvalue weighted by Crippen LogP contribution is -2.62. The van der Waals surface area contributed by atoms with E-state index in [-0.39, 0.29) is 32.2 Å². The van der Waals surface area contributed by atoms with Crippen molar-refractivity contribution < 1.29 is 29.0 Å². The molecule has 2 N–H and O–H groups in total. The van der Waals surface area contributed by atoms with Gasteiger partial charge in [0.2, 0.25) is 5.91 Å². The highest BCUT2D eigenvalue weighted by Gasteiger charge is 2.41. The van der Waals surface area contributed by atoms with Gasteiger partial charge in [-0.1, -0.05) is 48.5 Å². The molecule has 0 saturated carbocycles. The normalized spacial score (nSPS) is 20.2. The van der Waals surface area contributed by atoms with E-state index in [0.717, 1.165) is 22.3 Å². The summed E-state index contributed by atoms with van der Waals surface area (Å²) in [5, 5.41) is 12.3. The van der Waals surface area contributed by atoms with E-state index in [9.17, 15) is 19.5 Å². The van der Waals surface area contributed by atoms with Crippen LogP contribution in [0.4, 0.5) is 4.79 Å². The van der Waals surface area contributed by atoms with E-state index in [0.29, 0.717) is 0 Å². The van der Waals surface area contributed by atoms with Gasteiger partial charge in [0.1, 0.15) is 12.6 Å². The van der Waals surface area contributed by atoms with Crippen LogP contribution in [0.25, 0.3) is 11.1 Å². The molecule has 35 heavy (non-hydrogen) atoms. The molecule has 9 nitrogen and oxygen atoms in total. The molecule has 4 rings (SSSR count). The molecule has 2 aliphatic rings. The molecule has 3 unspecified atom stereocenters. The number of morpholine rings is 1. The molecule has 0 spiro atoms. The van der Waals surface area contributed by atoms with Crippen molar-refractivity contribution in [3.63, 3.8) is 0 Å². The quantitative estimate of drug-likeness (QED) is 0.624. The Labute approximate surface area is 204 Å². The van der Waals surface area contributed by atoms with Crippen LogP contribution in [0.2, 0.25) is 0 Å². The Balaban J connectivity index is 1.46. The molecule has 1 fully saturated rings. The smallest absolute Gasteiger partial charge is 0.407 e. The van der Waals surface area contributed by atoms with Gasteiger partial charge in [0, 0.05) is 19.0 Å². The summed E-state index contributed by atoms with van der Waals surface area (Å²) in [5.41, 5.74) is 4.43. The SMILES string of the molecule is CC1OCCN(C(=O)C(CN(C)C)NC(=O)OCC2c3ccccc3-c3ccccc32)C1C(=O)O. The van der Waals surface area contributed by atoms with Crippen molar-refractivity contribution in [3.8, 4) is 11.1 Å². The van der Waals surface area contributed by atoms with Crippen LogP contribution in [0.15, 0.2) is 48.5 Å². The lowest BCUT2D eigenvalue weighted by Gasteiger charge is -2.39. The van der Waals surface area contributed by atoms with Crippen molar-refractivity contribution in [2.75, 3.05) is 40.4 Å². The van der Waals surface area contributed by atoms with Gasteiger partial charge in [-0.15, -0.1) is 0 Å². The number of carboxylic acid groups (broad SMARTS) is 1. The minimum atomic E-state index is -1.14. The minimum Gasteiger partial charge on any atom is -0.480 e. The first-order valence-electron chi connectivity index (χ1n) is 11.7. The number of hydrogen-bond donors (Lipinski definition) is 2. The number of carbonyl (C=O) groups excluding carboxylic acids is 2. The number of rotatable bonds is 7. The molecular weight excluding hydrogens is 450 g/mol. The number of carboxylic acids is 1. The van der Waals surface area contributed by atoms with Gasteiger partial charge in [-0.25, -0.2) is 9.59 Å². The monoisotopic (exact) mass is 481 g/mol. The molecule has 0 aromatic heterocycles. The highest BCUT2D eigenvalue weighted by Crippen LogP contribution is 2.44. The fourth-order valence-corrected chi connectivity index (χ4v) is 4.94. The van der Waals surface area contributed by atoms with Gasteiger partial charge in [-0.05, 0) is 43.3 Å². The number of fused-ring (bicyclic) bond motifs is 3. The Morgan fingerprint density at radius 1 is 1.11 bits per heavy atom. The van der Waals surface area contributed by atoms with E-state index in [4.69, 9.17) is 9.47 Å². The highest BCUT2D eigenvalue weighted by atomic mass is 16.5. The summed E-state index contributed by atoms with van der Waals surface area (Å²) >= 11 is 0. The van der Waals surface area contributed by atoms with Crippen molar-refractivity contribution in [1.29, 1.82) is 0 Å². The summed E-state index contributed by atoms with van der Waals surface area (Å²) in [6, 6.07) is 14.0. The Morgan fingerprint density at radius 2 is 1.71 bits per heavy atom. The second kappa shape index (κ2) is 10.5. The molecule has 1 saturated heterocycles. The third-order valence-electron chi connectivity index (χ3n) is 6.51. The largest absolute Gasteiger partial charge is 0.480 e. The standard InChI is InChI=1S/C26H31N3O6/c1-16-23(25(31)32)29(12-13-34-16)24(30)22(14-28(2)3)27-26(33)35-15-21-19-10-6-4-8-17(19)18-9-5-7-11-20(18)21/h4-11,16,21-23H,12-15H2,1-3H3,(H,27,33)(H,31,32). The lowest BCUT2D eigenvalue weighted by molar-refractivity contribution is -0.165. The Morgan fingerprint density at radius 3 is 2.29 bits per heavy atom. The molecular formula is C26H31N3O6. The number of nitrogens with zero attached hydrogens (tertiary/aromatic N) is 2. The van der Waals surface area contributed by atoms with E-state index in [1.807, 2.05) is 36.4 Å². The first kappa shape index (κ1) is 24.7. The van der Waals surface area contributed by atoms with E-state index in [1.165, 1.54) is 4.90 Å². The second-order valence-electron chi connectivity index (χ2n) is 9.18. The highest BCUT2D eigenvalue weighted by molar-refractivity contribution is 5.90. The van der Waals surface area contributed by atoms with Crippen LogP contribution < -0.4 is 5.32 Å². The number of nitrogens with one attached hydrogen (secondary N) is 1. The summed E-state index contributed by atoms with van der Waals surface area (Å²) < 4.78 is 11.0. The summed E-state index contributed by atoms with van der Waals surface area (Å²) in [7, 11) is 3.55. The van der Waals surface area contributed by atoms with Crippen LogP contribution in [0.3, 0.4) is 0 Å². The molecule has 2 aromatic carbocycles. The van der Waals surface area contributed by atoms with Gasteiger partial charge in [-0.2, -0.15) is 0 Å². The zero-order valence-corrected chi connectivity index (χ0v) is 20.1. The van der Waals surface area contributed by atoms with Crippen LogP contribution in [-0.4, -0.2) is 91.5 Å². The van der Waals surface area contributed by atoms with E-state index < -0.39 is 36.2 Å². The minimum absolute atomic E-state index is 0.104. The average molecular weight is 482 g/mol. The molecule has 2 aromatic rings. The van der Waals surface area contributed by atoms with Crippen molar-refractivity contribution in [2.45, 2.75) is 31.0 Å². The number of ether oxygens (including phenoxy) is 2. The first-order valence-corrected chi connectivity index (χ1v) is 11.7. The molecule has 2 amide bonds. The van der Waals surface area contributed by atoms with Crippen LogP contribution in [-0.2, 0) is 19.1 Å². The van der Waals surface area contributed by atoms with Gasteiger partial charge >= 0.3 is 12.1 Å². The van der Waals surface area contributed by atoms with Crippen molar-refractivity contribution in [1.82, 2.24) is 15.1 Å². The van der Waals surface area contributed by atoms with Crippen LogP contribution in [0, 0.1) is 0 Å². The first-order chi connectivity index (χ1) is 16.8. The number of hydrogen-bond acceptors (Lipinski definition) is 6. The molecule has 0 radical (unpaired) electrons. The molecule has 1 aliphatic carbocycles. The zero-order valence-electron chi connectivity index (χ0n) is 20.1. The summed E-state index contributed by atoms with van der Waals surface area (Å²) in [5.74, 6) is -1.72. The summed E-state index contributed by atoms with van der Waals surface area (Å²) in [6.07, 6.45) is -1.38. The van der Waals surface area contributed by atoms with Crippen molar-refractivity contribution in [3.05, 3.63) is 59.7 Å². The number of amides is 2. The van der Waals surface area contributed by atoms with Crippen molar-refractivity contribution >= 4 is 18.0 Å². The maximum absolute atomic E-state index is 13.3. The fourth-order valence-electron chi connectivity index (χ4n) is 4.94. The Kier molecular flexibility index (Phi) is 7.37. The zero-order chi connectivity index (χ0) is 25.1. The third-order valence-corrected chi connectivity index (χ3v) is 6.51.